The average Bonchev–Trinajstić information content (AvgIpc) is 2.36. The van der Waals surface area contributed by atoms with E-state index in [2.05, 4.69) is 4.72 Å². The zero-order valence-corrected chi connectivity index (χ0v) is 14.7. The number of nitrogens with zero attached hydrogens (tertiary/aromatic N) is 1. The second-order valence-electron chi connectivity index (χ2n) is 5.88. The van der Waals surface area contributed by atoms with Crippen molar-refractivity contribution in [3.05, 3.63) is 29.3 Å². The monoisotopic (exact) mass is 329 g/mol. The van der Waals surface area contributed by atoms with Crippen molar-refractivity contribution >= 4 is 27.2 Å². The molecule has 1 aromatic carbocycles. The number of nitrogens with one attached hydrogen (secondary N) is 1. The van der Waals surface area contributed by atoms with Gasteiger partial charge in [-0.2, -0.15) is 0 Å². The first-order valence-corrected chi connectivity index (χ1v) is 8.44. The van der Waals surface area contributed by atoms with E-state index in [0.717, 1.165) is 0 Å². The molecule has 7 heteroatoms. The molecular weight excluding hydrogens is 306 g/mol. The van der Waals surface area contributed by atoms with Gasteiger partial charge in [-0.3, -0.25) is 0 Å². The predicted molar refractivity (Wildman–Crippen MR) is 90.0 cm³/mol. The van der Waals surface area contributed by atoms with Crippen molar-refractivity contribution in [2.45, 2.75) is 31.2 Å². The van der Waals surface area contributed by atoms with Crippen LogP contribution in [0.5, 0.6) is 0 Å². The zero-order valence-electron chi connectivity index (χ0n) is 13.1. The lowest BCUT2D eigenvalue weighted by molar-refractivity contribution is 0.199. The number of nitrogens with two attached hydrogens (primary N) is 1. The van der Waals surface area contributed by atoms with Crippen molar-refractivity contribution in [2.75, 3.05) is 20.6 Å². The van der Waals surface area contributed by atoms with Crippen molar-refractivity contribution in [1.29, 1.82) is 0 Å². The summed E-state index contributed by atoms with van der Waals surface area (Å²) in [6.07, 6.45) is 0. The molecule has 0 aliphatic carbocycles. The maximum Gasteiger partial charge on any atom is 0.240 e. The van der Waals surface area contributed by atoms with Gasteiger partial charge in [0.25, 0.3) is 0 Å². The highest BCUT2D eigenvalue weighted by atomic mass is 32.2. The van der Waals surface area contributed by atoms with Crippen LogP contribution in [0.25, 0.3) is 0 Å². The van der Waals surface area contributed by atoms with Crippen LogP contribution < -0.4 is 10.5 Å². The van der Waals surface area contributed by atoms with E-state index in [1.807, 2.05) is 32.8 Å². The number of rotatable bonds is 6. The van der Waals surface area contributed by atoms with Gasteiger partial charge in [0.2, 0.25) is 10.0 Å². The Morgan fingerprint density at radius 1 is 1.38 bits per heavy atom. The molecular formula is C14H23N3O2S2. The summed E-state index contributed by atoms with van der Waals surface area (Å²) in [6.45, 7) is 5.99. The molecule has 1 rings (SSSR count). The van der Waals surface area contributed by atoms with Crippen LogP contribution in [0, 0.1) is 6.92 Å². The van der Waals surface area contributed by atoms with Crippen LogP contribution in [-0.4, -0.2) is 44.5 Å². The molecule has 0 aromatic heterocycles. The Bertz CT molecular complexity index is 638. The molecule has 0 bridgehead atoms. The molecule has 1 aromatic rings. The van der Waals surface area contributed by atoms with Crippen molar-refractivity contribution in [3.63, 3.8) is 0 Å². The van der Waals surface area contributed by atoms with Crippen LogP contribution in [0.15, 0.2) is 23.1 Å². The Kier molecular flexibility index (Phi) is 5.49. The van der Waals surface area contributed by atoms with Gasteiger partial charge in [-0.1, -0.05) is 18.3 Å². The summed E-state index contributed by atoms with van der Waals surface area (Å²) in [4.78, 5) is 2.47. The molecule has 5 nitrogen and oxygen atoms in total. The van der Waals surface area contributed by atoms with E-state index < -0.39 is 10.0 Å². The largest absolute Gasteiger partial charge is 0.389 e. The van der Waals surface area contributed by atoms with Gasteiger partial charge >= 0.3 is 0 Å². The van der Waals surface area contributed by atoms with Crippen LogP contribution >= 0.6 is 12.2 Å². The summed E-state index contributed by atoms with van der Waals surface area (Å²) >= 11 is 4.89. The third-order valence-electron chi connectivity index (χ3n) is 3.65. The van der Waals surface area contributed by atoms with Crippen LogP contribution in [-0.2, 0) is 10.0 Å². The summed E-state index contributed by atoms with van der Waals surface area (Å²) in [6, 6.07) is 4.85. The van der Waals surface area contributed by atoms with Crippen LogP contribution in [0.3, 0.4) is 0 Å². The number of aryl methyl sites for hydroxylation is 1. The van der Waals surface area contributed by atoms with E-state index in [9.17, 15) is 8.42 Å². The molecule has 118 valence electrons. The van der Waals surface area contributed by atoms with E-state index in [4.69, 9.17) is 18.0 Å². The number of thiocarbonyl (C=S) groups is 1. The van der Waals surface area contributed by atoms with E-state index in [1.165, 1.54) is 6.07 Å². The van der Waals surface area contributed by atoms with Gasteiger partial charge in [-0.25, -0.2) is 13.1 Å². The van der Waals surface area contributed by atoms with E-state index in [-0.39, 0.29) is 15.4 Å². The lowest BCUT2D eigenvalue weighted by atomic mass is 10.1. The third-order valence-corrected chi connectivity index (χ3v) is 5.45. The quantitative estimate of drug-likeness (QED) is 0.768. The Balaban J connectivity index is 3.02. The Labute approximate surface area is 132 Å². The predicted octanol–water partition coefficient (Wildman–Crippen LogP) is 1.25. The minimum atomic E-state index is -3.56. The fourth-order valence-electron chi connectivity index (χ4n) is 1.61. The molecule has 0 saturated heterocycles. The molecule has 3 N–H and O–H groups in total. The standard InChI is InChI=1S/C14H23N3O2S2/c1-10-8-11(13(15)20)6-7-12(10)21(18,19)16-9-14(2,3)17(4)5/h6-8,16H,9H2,1-5H3,(H2,15,20). The lowest BCUT2D eigenvalue weighted by Gasteiger charge is -2.32. The number of likely N-dealkylation sites (N-methyl/N-ethyl adjacent to an activating group) is 1. The van der Waals surface area contributed by atoms with Gasteiger partial charge in [-0.15, -0.1) is 0 Å². The van der Waals surface area contributed by atoms with Gasteiger partial charge in [-0.05, 0) is 52.6 Å². The van der Waals surface area contributed by atoms with E-state index in [1.54, 1.807) is 19.1 Å². The van der Waals surface area contributed by atoms with Gasteiger partial charge < -0.3 is 10.6 Å². The first kappa shape index (κ1) is 18.0. The topological polar surface area (TPSA) is 75.4 Å². The highest BCUT2D eigenvalue weighted by molar-refractivity contribution is 7.89. The Hall–Kier alpha value is -1.02. The van der Waals surface area contributed by atoms with Crippen LogP contribution in [0.2, 0.25) is 0 Å². The molecule has 0 spiro atoms. The summed E-state index contributed by atoms with van der Waals surface area (Å²) in [5.41, 5.74) is 6.56. The lowest BCUT2D eigenvalue weighted by Crippen LogP contribution is -2.48. The molecule has 0 aliphatic rings. The second kappa shape index (κ2) is 6.39. The number of benzene rings is 1. The molecule has 0 atom stereocenters. The molecule has 21 heavy (non-hydrogen) atoms. The molecule has 0 amide bonds. The number of sulfonamides is 1. The Morgan fingerprint density at radius 2 is 1.95 bits per heavy atom. The minimum Gasteiger partial charge on any atom is -0.389 e. The molecule has 0 radical (unpaired) electrons. The summed E-state index contributed by atoms with van der Waals surface area (Å²) in [5, 5.41) is 0. The molecule has 0 fully saturated rings. The molecule has 0 heterocycles. The van der Waals surface area contributed by atoms with E-state index in [0.29, 0.717) is 17.7 Å². The van der Waals surface area contributed by atoms with Crippen molar-refractivity contribution in [1.82, 2.24) is 9.62 Å². The first-order chi connectivity index (χ1) is 9.47. The van der Waals surface area contributed by atoms with E-state index >= 15 is 0 Å². The van der Waals surface area contributed by atoms with Crippen LogP contribution in [0.1, 0.15) is 25.0 Å². The maximum absolute atomic E-state index is 12.4. The van der Waals surface area contributed by atoms with Gasteiger partial charge in [0.05, 0.1) is 4.90 Å². The first-order valence-electron chi connectivity index (χ1n) is 6.55. The van der Waals surface area contributed by atoms with Crippen molar-refractivity contribution in [2.24, 2.45) is 5.73 Å². The SMILES string of the molecule is Cc1cc(C(N)=S)ccc1S(=O)(=O)NCC(C)(C)N(C)C. The average molecular weight is 329 g/mol. The number of hydrogen-bond donors (Lipinski definition) is 2. The summed E-state index contributed by atoms with van der Waals surface area (Å²) in [5.74, 6) is 0. The Morgan fingerprint density at radius 3 is 2.38 bits per heavy atom. The molecule has 0 saturated carbocycles. The highest BCUT2D eigenvalue weighted by Crippen LogP contribution is 2.18. The van der Waals surface area contributed by atoms with Crippen LogP contribution in [0.4, 0.5) is 0 Å². The van der Waals surface area contributed by atoms with Crippen molar-refractivity contribution in [3.8, 4) is 0 Å². The fourth-order valence-corrected chi connectivity index (χ4v) is 3.17. The smallest absolute Gasteiger partial charge is 0.240 e. The molecule has 0 aliphatic heterocycles. The zero-order chi connectivity index (χ0) is 16.4. The van der Waals surface area contributed by atoms with Gasteiger partial charge in [0.1, 0.15) is 4.99 Å². The highest BCUT2D eigenvalue weighted by Gasteiger charge is 2.25. The fraction of sp³-hybridized carbons (Fsp3) is 0.500. The molecule has 0 unspecified atom stereocenters. The van der Waals surface area contributed by atoms with Crippen molar-refractivity contribution < 1.29 is 8.42 Å². The normalized spacial score (nSPS) is 12.7. The number of hydrogen-bond acceptors (Lipinski definition) is 4. The third kappa shape index (κ3) is 4.47. The second-order valence-corrected chi connectivity index (χ2v) is 8.05. The summed E-state index contributed by atoms with van der Waals surface area (Å²) in [7, 11) is 0.266. The summed E-state index contributed by atoms with van der Waals surface area (Å²) < 4.78 is 27.5. The minimum absolute atomic E-state index is 0.247. The van der Waals surface area contributed by atoms with Gasteiger partial charge in [0.15, 0.2) is 0 Å². The maximum atomic E-state index is 12.4. The van der Waals surface area contributed by atoms with Gasteiger partial charge in [0, 0.05) is 17.6 Å².